The molecule has 0 aromatic carbocycles. The highest BCUT2D eigenvalue weighted by Crippen LogP contribution is 2.17. The Morgan fingerprint density at radius 3 is 2.32 bits per heavy atom. The van der Waals surface area contributed by atoms with Crippen LogP contribution < -0.4 is 0 Å². The lowest BCUT2D eigenvalue weighted by molar-refractivity contribution is -0.265. The van der Waals surface area contributed by atoms with E-state index in [9.17, 15) is 15.3 Å². The molecule has 0 spiro atoms. The number of ether oxygens (including phenoxy) is 2. The molecule has 1 fully saturated rings. The molecular weight excluding hydrogens is 248 g/mol. The van der Waals surface area contributed by atoms with Crippen molar-refractivity contribution in [1.29, 1.82) is 0 Å². The maximum Gasteiger partial charge on any atom is 0.183 e. The molecule has 5 nitrogen and oxygen atoms in total. The highest BCUT2D eigenvalue weighted by molar-refractivity contribution is 4.83. The topological polar surface area (TPSA) is 79.2 Å². The van der Waals surface area contributed by atoms with Crippen LogP contribution in [-0.4, -0.2) is 53.1 Å². The van der Waals surface area contributed by atoms with Gasteiger partial charge in [-0.15, -0.1) is 0 Å². The van der Waals surface area contributed by atoms with E-state index in [0.29, 0.717) is 6.61 Å². The van der Waals surface area contributed by atoms with Gasteiger partial charge in [-0.3, -0.25) is 0 Å². The third kappa shape index (κ3) is 6.19. The van der Waals surface area contributed by atoms with Crippen LogP contribution in [0, 0.1) is 0 Å². The molecule has 114 valence electrons. The highest BCUT2D eigenvalue weighted by atomic mass is 16.6. The van der Waals surface area contributed by atoms with Gasteiger partial charge in [0, 0.05) is 6.61 Å². The minimum Gasteiger partial charge on any atom is -0.388 e. The van der Waals surface area contributed by atoms with Crippen molar-refractivity contribution in [2.75, 3.05) is 13.2 Å². The molecule has 19 heavy (non-hydrogen) atoms. The lowest BCUT2D eigenvalue weighted by atomic mass is 10.1. The van der Waals surface area contributed by atoms with Crippen molar-refractivity contribution >= 4 is 0 Å². The Bertz CT molecular complexity index is 224. The summed E-state index contributed by atoms with van der Waals surface area (Å²) in [6, 6.07) is 0. The normalized spacial score (nSPS) is 31.6. The molecule has 0 saturated carbocycles. The zero-order valence-electron chi connectivity index (χ0n) is 11.8. The number of aliphatic hydroxyl groups excluding tert-OH is 3. The van der Waals surface area contributed by atoms with Gasteiger partial charge < -0.3 is 24.8 Å². The van der Waals surface area contributed by atoms with E-state index in [1.54, 1.807) is 0 Å². The predicted molar refractivity (Wildman–Crippen MR) is 71.7 cm³/mol. The van der Waals surface area contributed by atoms with Gasteiger partial charge in [0.05, 0.1) is 6.61 Å². The highest BCUT2D eigenvalue weighted by Gasteiger charge is 2.38. The Kier molecular flexibility index (Phi) is 8.57. The minimum absolute atomic E-state index is 0.0559. The second kappa shape index (κ2) is 9.66. The van der Waals surface area contributed by atoms with Gasteiger partial charge in [-0.1, -0.05) is 45.4 Å². The van der Waals surface area contributed by atoms with Crippen molar-refractivity contribution in [2.45, 2.75) is 76.5 Å². The second-order valence-corrected chi connectivity index (χ2v) is 5.24. The van der Waals surface area contributed by atoms with Crippen LogP contribution >= 0.6 is 0 Å². The quantitative estimate of drug-likeness (QED) is 0.551. The van der Waals surface area contributed by atoms with E-state index < -0.39 is 24.6 Å². The van der Waals surface area contributed by atoms with Crippen molar-refractivity contribution in [1.82, 2.24) is 0 Å². The molecule has 0 bridgehead atoms. The van der Waals surface area contributed by atoms with Crippen LogP contribution in [0.5, 0.6) is 0 Å². The first kappa shape index (κ1) is 16.9. The van der Waals surface area contributed by atoms with Crippen molar-refractivity contribution in [2.24, 2.45) is 0 Å². The van der Waals surface area contributed by atoms with Gasteiger partial charge in [0.15, 0.2) is 6.29 Å². The van der Waals surface area contributed by atoms with Gasteiger partial charge >= 0.3 is 0 Å². The summed E-state index contributed by atoms with van der Waals surface area (Å²) in [5.74, 6) is 0. The smallest absolute Gasteiger partial charge is 0.183 e. The Labute approximate surface area is 115 Å². The van der Waals surface area contributed by atoms with Gasteiger partial charge in [0.25, 0.3) is 0 Å². The summed E-state index contributed by atoms with van der Waals surface area (Å²) in [7, 11) is 0. The van der Waals surface area contributed by atoms with Crippen LogP contribution in [0.2, 0.25) is 0 Å². The van der Waals surface area contributed by atoms with E-state index in [0.717, 1.165) is 12.8 Å². The molecule has 1 heterocycles. The summed E-state index contributed by atoms with van der Waals surface area (Å²) in [5.41, 5.74) is 0. The average Bonchev–Trinajstić information content (AvgIpc) is 2.40. The van der Waals surface area contributed by atoms with Crippen molar-refractivity contribution in [3.8, 4) is 0 Å². The predicted octanol–water partition coefficient (Wildman–Crippen LogP) is 1.19. The van der Waals surface area contributed by atoms with Crippen LogP contribution in [0.1, 0.15) is 51.9 Å². The Morgan fingerprint density at radius 2 is 1.63 bits per heavy atom. The van der Waals surface area contributed by atoms with E-state index in [2.05, 4.69) is 6.92 Å². The first-order chi connectivity index (χ1) is 9.16. The zero-order chi connectivity index (χ0) is 14.1. The van der Waals surface area contributed by atoms with Crippen LogP contribution in [0.3, 0.4) is 0 Å². The number of unbranched alkanes of at least 4 members (excludes halogenated alkanes) is 6. The lowest BCUT2D eigenvalue weighted by Crippen LogP contribution is -2.54. The minimum atomic E-state index is -1.15. The molecule has 1 rings (SSSR count). The van der Waals surface area contributed by atoms with Crippen molar-refractivity contribution in [3.63, 3.8) is 0 Å². The summed E-state index contributed by atoms with van der Waals surface area (Å²) in [4.78, 5) is 0. The zero-order valence-corrected chi connectivity index (χ0v) is 11.8. The van der Waals surface area contributed by atoms with Crippen LogP contribution in [-0.2, 0) is 9.47 Å². The molecule has 5 heteroatoms. The third-order valence-electron chi connectivity index (χ3n) is 3.51. The van der Waals surface area contributed by atoms with E-state index >= 15 is 0 Å². The second-order valence-electron chi connectivity index (χ2n) is 5.24. The van der Waals surface area contributed by atoms with Gasteiger partial charge in [-0.05, 0) is 6.42 Å². The summed E-state index contributed by atoms with van der Waals surface area (Å²) in [6.45, 7) is 2.62. The fraction of sp³-hybridized carbons (Fsp3) is 1.00. The van der Waals surface area contributed by atoms with E-state index in [4.69, 9.17) is 9.47 Å². The summed E-state index contributed by atoms with van der Waals surface area (Å²) >= 11 is 0. The molecular formula is C14H28O5. The standard InChI is InChI=1S/C14H28O5/c1-2-3-4-5-6-7-8-9-18-13-12(16)11(15)10-19-14(13)17/h11-17H,2-10H2,1H3/t11-,12+,13-,14-/m1/s1. The van der Waals surface area contributed by atoms with E-state index in [1.165, 1.54) is 32.1 Å². The van der Waals surface area contributed by atoms with Crippen molar-refractivity contribution in [3.05, 3.63) is 0 Å². The van der Waals surface area contributed by atoms with E-state index in [-0.39, 0.29) is 6.61 Å². The molecule has 1 aliphatic heterocycles. The molecule has 0 aromatic rings. The number of hydrogen-bond acceptors (Lipinski definition) is 5. The van der Waals surface area contributed by atoms with Gasteiger partial charge in [-0.2, -0.15) is 0 Å². The Hall–Kier alpha value is -0.200. The summed E-state index contributed by atoms with van der Waals surface area (Å²) in [5, 5.41) is 28.7. The SMILES string of the molecule is CCCCCCCCCO[C@@H]1[C@@H](O)[C@H](O)CO[C@H]1O. The largest absolute Gasteiger partial charge is 0.388 e. The van der Waals surface area contributed by atoms with Crippen molar-refractivity contribution < 1.29 is 24.8 Å². The lowest BCUT2D eigenvalue weighted by Gasteiger charge is -2.35. The maximum absolute atomic E-state index is 9.69. The Balaban J connectivity index is 2.04. The van der Waals surface area contributed by atoms with Gasteiger partial charge in [-0.25, -0.2) is 0 Å². The first-order valence-corrected chi connectivity index (χ1v) is 7.44. The van der Waals surface area contributed by atoms with Crippen LogP contribution in [0.15, 0.2) is 0 Å². The molecule has 0 unspecified atom stereocenters. The molecule has 0 aliphatic carbocycles. The molecule has 0 radical (unpaired) electrons. The molecule has 0 amide bonds. The van der Waals surface area contributed by atoms with E-state index in [1.807, 2.05) is 0 Å². The summed E-state index contributed by atoms with van der Waals surface area (Å²) in [6.07, 6.45) is 4.22. The van der Waals surface area contributed by atoms with Gasteiger partial charge in [0.1, 0.15) is 18.3 Å². The monoisotopic (exact) mass is 276 g/mol. The molecule has 1 saturated heterocycles. The molecule has 3 N–H and O–H groups in total. The number of aliphatic hydroxyl groups is 3. The summed E-state index contributed by atoms with van der Waals surface area (Å²) < 4.78 is 10.3. The molecule has 4 atom stereocenters. The van der Waals surface area contributed by atoms with Crippen LogP contribution in [0.25, 0.3) is 0 Å². The van der Waals surface area contributed by atoms with Crippen LogP contribution in [0.4, 0.5) is 0 Å². The number of rotatable bonds is 9. The van der Waals surface area contributed by atoms with Gasteiger partial charge in [0.2, 0.25) is 0 Å². The first-order valence-electron chi connectivity index (χ1n) is 7.44. The molecule has 1 aliphatic rings. The Morgan fingerprint density at radius 1 is 1.00 bits per heavy atom. The average molecular weight is 276 g/mol. The fourth-order valence-corrected chi connectivity index (χ4v) is 2.24. The maximum atomic E-state index is 9.69. The fourth-order valence-electron chi connectivity index (χ4n) is 2.24. The third-order valence-corrected chi connectivity index (χ3v) is 3.51. The number of hydrogen-bond donors (Lipinski definition) is 3. The molecule has 0 aromatic heterocycles.